The summed E-state index contributed by atoms with van der Waals surface area (Å²) >= 11 is 0. The van der Waals surface area contributed by atoms with Crippen LogP contribution >= 0.6 is 0 Å². The van der Waals surface area contributed by atoms with Gasteiger partial charge in [0.15, 0.2) is 0 Å². The molecule has 1 aliphatic heterocycles. The molecule has 0 unspecified atom stereocenters. The summed E-state index contributed by atoms with van der Waals surface area (Å²) in [5, 5.41) is 2.67. The maximum absolute atomic E-state index is 13.0. The molecule has 0 bridgehead atoms. The van der Waals surface area contributed by atoms with Crippen LogP contribution in [0.1, 0.15) is 67.9 Å². The molecule has 31 heavy (non-hydrogen) atoms. The zero-order valence-corrected chi connectivity index (χ0v) is 17.9. The van der Waals surface area contributed by atoms with Crippen LogP contribution in [0.3, 0.4) is 0 Å². The minimum Gasteiger partial charge on any atom is -0.349 e. The van der Waals surface area contributed by atoms with Crippen LogP contribution in [0.5, 0.6) is 0 Å². The number of hydrogen-bond acceptors (Lipinski definition) is 2. The lowest BCUT2D eigenvalue weighted by atomic mass is 9.89. The first-order chi connectivity index (χ1) is 14.1. The number of nitrogens with zero attached hydrogens (tertiary/aromatic N) is 1. The Bertz CT molecular complexity index is 785. The lowest BCUT2D eigenvalue weighted by Gasteiger charge is -2.34. The van der Waals surface area contributed by atoms with Gasteiger partial charge >= 0.3 is 12.4 Å². The highest BCUT2D eigenvalue weighted by molar-refractivity contribution is 5.95. The first-order valence-corrected chi connectivity index (χ1v) is 10.4. The van der Waals surface area contributed by atoms with Crippen molar-refractivity contribution in [1.82, 2.24) is 10.2 Å². The third-order valence-corrected chi connectivity index (χ3v) is 6.37. The van der Waals surface area contributed by atoms with Crippen LogP contribution in [-0.4, -0.2) is 36.5 Å². The molecule has 2 fully saturated rings. The molecule has 1 N–H and O–H groups in total. The molecule has 1 aromatic rings. The highest BCUT2D eigenvalue weighted by Crippen LogP contribution is 2.54. The van der Waals surface area contributed by atoms with E-state index in [1.165, 1.54) is 0 Å². The number of benzene rings is 1. The first-order valence-electron chi connectivity index (χ1n) is 10.4. The van der Waals surface area contributed by atoms with E-state index in [1.54, 1.807) is 0 Å². The number of amides is 1. The van der Waals surface area contributed by atoms with Gasteiger partial charge in [-0.25, -0.2) is 0 Å². The molecule has 1 saturated carbocycles. The fourth-order valence-corrected chi connectivity index (χ4v) is 4.15. The van der Waals surface area contributed by atoms with E-state index < -0.39 is 35.0 Å². The smallest absolute Gasteiger partial charge is 0.349 e. The van der Waals surface area contributed by atoms with Crippen LogP contribution in [-0.2, 0) is 12.4 Å². The summed E-state index contributed by atoms with van der Waals surface area (Å²) in [5.74, 6) is -0.895. The van der Waals surface area contributed by atoms with Crippen LogP contribution in [0, 0.1) is 10.8 Å². The number of carbonyl (C=O) groups is 1. The molecule has 1 aliphatic carbocycles. The van der Waals surface area contributed by atoms with E-state index in [1.807, 2.05) is 0 Å². The van der Waals surface area contributed by atoms with E-state index in [-0.39, 0.29) is 22.9 Å². The molecule has 3 nitrogen and oxygen atoms in total. The van der Waals surface area contributed by atoms with Crippen LogP contribution < -0.4 is 5.32 Å². The van der Waals surface area contributed by atoms with Crippen molar-refractivity contribution in [1.29, 1.82) is 0 Å². The van der Waals surface area contributed by atoms with Gasteiger partial charge < -0.3 is 10.2 Å². The van der Waals surface area contributed by atoms with E-state index in [0.717, 1.165) is 38.9 Å². The summed E-state index contributed by atoms with van der Waals surface area (Å²) in [6.45, 7) is 9.30. The highest BCUT2D eigenvalue weighted by Gasteiger charge is 2.55. The molecule has 1 amide bonds. The van der Waals surface area contributed by atoms with E-state index in [4.69, 9.17) is 0 Å². The van der Waals surface area contributed by atoms with Gasteiger partial charge in [0.25, 0.3) is 5.91 Å². The predicted octanol–water partition coefficient (Wildman–Crippen LogP) is 5.74. The standard InChI is InChI=1S/C22H28F6N2O/c1-19(2,3)4-7-30-8-5-20(6-9-30)13-17(20)29-18(31)14-10-15(21(23,24)25)12-16(11-14)22(26,27)28/h10-12,17H,4-9,13H2,1-3H3,(H,29,31)/t17-/m1/s1. The predicted molar refractivity (Wildman–Crippen MR) is 104 cm³/mol. The van der Waals surface area contributed by atoms with E-state index in [0.29, 0.717) is 18.6 Å². The third-order valence-electron chi connectivity index (χ3n) is 6.37. The summed E-state index contributed by atoms with van der Waals surface area (Å²) in [5.41, 5.74) is -3.43. The Morgan fingerprint density at radius 1 is 1.00 bits per heavy atom. The summed E-state index contributed by atoms with van der Waals surface area (Å²) in [4.78, 5) is 14.9. The van der Waals surface area contributed by atoms with Crippen molar-refractivity contribution in [3.05, 3.63) is 34.9 Å². The van der Waals surface area contributed by atoms with Gasteiger partial charge in [-0.2, -0.15) is 26.3 Å². The number of carbonyl (C=O) groups excluding carboxylic acids is 1. The highest BCUT2D eigenvalue weighted by atomic mass is 19.4. The maximum atomic E-state index is 13.0. The number of halogens is 6. The Balaban J connectivity index is 1.63. The molecule has 1 atom stereocenters. The number of rotatable bonds is 4. The molecule has 1 heterocycles. The second-order valence-electron chi connectivity index (χ2n) is 10.0. The van der Waals surface area contributed by atoms with Crippen molar-refractivity contribution in [2.45, 2.75) is 64.8 Å². The average Bonchev–Trinajstić information content (AvgIpc) is 3.29. The second kappa shape index (κ2) is 7.98. The average molecular weight is 450 g/mol. The van der Waals surface area contributed by atoms with Crippen molar-refractivity contribution >= 4 is 5.91 Å². The molecule has 1 spiro atoms. The fourth-order valence-electron chi connectivity index (χ4n) is 4.15. The molecule has 1 aromatic carbocycles. The van der Waals surface area contributed by atoms with Crippen LogP contribution in [0.25, 0.3) is 0 Å². The van der Waals surface area contributed by atoms with Crippen LogP contribution in [0.4, 0.5) is 26.3 Å². The van der Waals surface area contributed by atoms with Crippen LogP contribution in [0.15, 0.2) is 18.2 Å². The molecule has 3 rings (SSSR count). The zero-order chi connectivity index (χ0) is 23.2. The third kappa shape index (κ3) is 5.93. The van der Waals surface area contributed by atoms with Crippen molar-refractivity contribution in [2.75, 3.05) is 19.6 Å². The molecular formula is C22H28F6N2O. The van der Waals surface area contributed by atoms with Gasteiger partial charge in [0.1, 0.15) is 0 Å². The van der Waals surface area contributed by atoms with Crippen molar-refractivity contribution in [3.63, 3.8) is 0 Å². The lowest BCUT2D eigenvalue weighted by molar-refractivity contribution is -0.143. The SMILES string of the molecule is CC(C)(C)CCN1CCC2(CC1)C[C@H]2NC(=O)c1cc(C(F)(F)F)cc(C(F)(F)F)c1. The topological polar surface area (TPSA) is 32.3 Å². The van der Waals surface area contributed by atoms with Gasteiger partial charge in [-0.3, -0.25) is 4.79 Å². The minimum absolute atomic E-state index is 0.0305. The van der Waals surface area contributed by atoms with Crippen molar-refractivity contribution in [3.8, 4) is 0 Å². The zero-order valence-electron chi connectivity index (χ0n) is 17.9. The maximum Gasteiger partial charge on any atom is 0.416 e. The van der Waals surface area contributed by atoms with Gasteiger partial charge in [0, 0.05) is 11.6 Å². The fraction of sp³-hybridized carbons (Fsp3) is 0.682. The van der Waals surface area contributed by atoms with Gasteiger partial charge in [0.05, 0.1) is 11.1 Å². The van der Waals surface area contributed by atoms with E-state index in [9.17, 15) is 31.1 Å². The Kier molecular flexibility index (Phi) is 6.14. The van der Waals surface area contributed by atoms with Gasteiger partial charge in [-0.05, 0) is 74.3 Å². The normalized spacial score (nSPS) is 21.9. The molecule has 0 aromatic heterocycles. The number of likely N-dealkylation sites (tertiary alicyclic amines) is 1. The summed E-state index contributed by atoms with van der Waals surface area (Å²) in [7, 11) is 0. The Morgan fingerprint density at radius 2 is 1.52 bits per heavy atom. The van der Waals surface area contributed by atoms with Gasteiger partial charge in [-0.15, -0.1) is 0 Å². The number of nitrogens with one attached hydrogen (secondary N) is 1. The Morgan fingerprint density at radius 3 is 1.97 bits per heavy atom. The Labute approximate surface area is 178 Å². The second-order valence-corrected chi connectivity index (χ2v) is 10.0. The lowest BCUT2D eigenvalue weighted by Crippen LogP contribution is -2.39. The monoisotopic (exact) mass is 450 g/mol. The molecular weight excluding hydrogens is 422 g/mol. The molecule has 1 saturated heterocycles. The number of alkyl halides is 6. The van der Waals surface area contributed by atoms with Gasteiger partial charge in [0.2, 0.25) is 0 Å². The van der Waals surface area contributed by atoms with Gasteiger partial charge in [-0.1, -0.05) is 20.8 Å². The van der Waals surface area contributed by atoms with Crippen molar-refractivity contribution < 1.29 is 31.1 Å². The molecule has 174 valence electrons. The summed E-state index contributed by atoms with van der Waals surface area (Å²) in [6.07, 6.45) is -6.46. The Hall–Kier alpha value is -1.77. The molecule has 0 radical (unpaired) electrons. The van der Waals surface area contributed by atoms with Crippen molar-refractivity contribution in [2.24, 2.45) is 10.8 Å². The largest absolute Gasteiger partial charge is 0.416 e. The first kappa shape index (κ1) is 23.9. The molecule has 2 aliphatic rings. The number of hydrogen-bond donors (Lipinski definition) is 1. The minimum atomic E-state index is -4.98. The van der Waals surface area contributed by atoms with Crippen LogP contribution in [0.2, 0.25) is 0 Å². The quantitative estimate of drug-likeness (QED) is 0.593. The van der Waals surface area contributed by atoms with E-state index >= 15 is 0 Å². The number of piperidine rings is 1. The molecule has 9 heteroatoms. The van der Waals surface area contributed by atoms with E-state index in [2.05, 4.69) is 31.0 Å². The summed E-state index contributed by atoms with van der Waals surface area (Å²) in [6, 6.07) is 0.778. The summed E-state index contributed by atoms with van der Waals surface area (Å²) < 4.78 is 78.2.